The second-order valence-corrected chi connectivity index (χ2v) is 7.18. The molecule has 134 valence electrons. The van der Waals surface area contributed by atoms with Crippen molar-refractivity contribution in [2.45, 2.75) is 20.4 Å². The maximum absolute atomic E-state index is 12.4. The zero-order chi connectivity index (χ0) is 18.7. The Labute approximate surface area is 154 Å². The molecule has 1 aromatic carbocycles. The number of likely N-dealkylation sites (N-methyl/N-ethyl adjacent to an activating group) is 1. The van der Waals surface area contributed by atoms with Crippen molar-refractivity contribution in [3.05, 3.63) is 34.3 Å². The van der Waals surface area contributed by atoms with Crippen molar-refractivity contribution >= 4 is 39.7 Å². The summed E-state index contributed by atoms with van der Waals surface area (Å²) in [6.07, 6.45) is 0. The maximum atomic E-state index is 12.4. The van der Waals surface area contributed by atoms with Gasteiger partial charge in [-0.15, -0.1) is 0 Å². The van der Waals surface area contributed by atoms with Crippen molar-refractivity contribution in [1.82, 2.24) is 14.7 Å². The number of urea groups is 1. The normalized spacial score (nSPS) is 14.7. The van der Waals surface area contributed by atoms with Crippen LogP contribution in [0.5, 0.6) is 0 Å². The lowest BCUT2D eigenvalue weighted by molar-refractivity contribution is -0.144. The number of carbonyl (C=O) groups excluding carboxylic acids is 4. The molecular formula is C17H20BrN3O4. The van der Waals surface area contributed by atoms with E-state index in [1.54, 1.807) is 7.05 Å². The highest BCUT2D eigenvalue weighted by atomic mass is 79.9. The lowest BCUT2D eigenvalue weighted by Gasteiger charge is -2.21. The Hall–Kier alpha value is -2.22. The minimum Gasteiger partial charge on any atom is -0.340 e. The van der Waals surface area contributed by atoms with Crippen molar-refractivity contribution in [2.24, 2.45) is 5.92 Å². The molecule has 1 saturated heterocycles. The van der Waals surface area contributed by atoms with E-state index in [1.807, 2.05) is 38.1 Å². The molecule has 8 heteroatoms. The molecule has 7 nitrogen and oxygen atoms in total. The summed E-state index contributed by atoms with van der Waals surface area (Å²) in [4.78, 5) is 51.6. The van der Waals surface area contributed by atoms with Gasteiger partial charge in [0, 0.05) is 24.6 Å². The summed E-state index contributed by atoms with van der Waals surface area (Å²) >= 11 is 3.41. The molecular weight excluding hydrogens is 390 g/mol. The predicted molar refractivity (Wildman–Crippen MR) is 94.3 cm³/mol. The fraction of sp³-hybridized carbons (Fsp3) is 0.412. The van der Waals surface area contributed by atoms with E-state index >= 15 is 0 Å². The largest absolute Gasteiger partial charge is 0.340 e. The van der Waals surface area contributed by atoms with E-state index in [-0.39, 0.29) is 12.5 Å². The summed E-state index contributed by atoms with van der Waals surface area (Å²) in [7, 11) is 1.58. The number of hydrogen-bond donors (Lipinski definition) is 0. The second-order valence-electron chi connectivity index (χ2n) is 6.32. The number of benzene rings is 1. The van der Waals surface area contributed by atoms with Gasteiger partial charge in [0.15, 0.2) is 0 Å². The Morgan fingerprint density at radius 3 is 2.32 bits per heavy atom. The van der Waals surface area contributed by atoms with Crippen LogP contribution in [0.1, 0.15) is 19.4 Å². The van der Waals surface area contributed by atoms with Gasteiger partial charge in [-0.05, 0) is 17.5 Å². The standard InChI is InChI=1S/C17H20BrN3O4/c1-11(2)8-20-15(23)16(24)21(17(20)25)10-14(22)19(3)9-12-6-4-5-7-13(12)18/h4-7,11H,8-10H2,1-3H3. The SMILES string of the molecule is CC(C)CN1C(=O)C(=O)N(CC(=O)N(C)Cc2ccccc2Br)C1=O. The van der Waals surface area contributed by atoms with E-state index in [9.17, 15) is 19.2 Å². The quantitative estimate of drug-likeness (QED) is 0.530. The van der Waals surface area contributed by atoms with Gasteiger partial charge in [-0.3, -0.25) is 19.3 Å². The Morgan fingerprint density at radius 2 is 1.72 bits per heavy atom. The number of halogens is 1. The predicted octanol–water partition coefficient (Wildman–Crippen LogP) is 1.85. The number of rotatable bonds is 6. The van der Waals surface area contributed by atoms with E-state index in [2.05, 4.69) is 15.9 Å². The van der Waals surface area contributed by atoms with Crippen molar-refractivity contribution in [1.29, 1.82) is 0 Å². The molecule has 1 heterocycles. The molecule has 0 bridgehead atoms. The molecule has 1 aliphatic rings. The summed E-state index contributed by atoms with van der Waals surface area (Å²) < 4.78 is 0.862. The monoisotopic (exact) mass is 409 g/mol. The topological polar surface area (TPSA) is 78.0 Å². The van der Waals surface area contributed by atoms with Crippen LogP contribution in [0.3, 0.4) is 0 Å². The lowest BCUT2D eigenvalue weighted by Crippen LogP contribution is -2.42. The van der Waals surface area contributed by atoms with Crippen LogP contribution in [0.25, 0.3) is 0 Å². The molecule has 0 aromatic heterocycles. The van der Waals surface area contributed by atoms with Crippen LogP contribution in [0.4, 0.5) is 4.79 Å². The first-order chi connectivity index (χ1) is 11.7. The number of amides is 5. The van der Waals surface area contributed by atoms with Gasteiger partial charge in [0.1, 0.15) is 6.54 Å². The van der Waals surface area contributed by atoms with Crippen LogP contribution in [0.2, 0.25) is 0 Å². The van der Waals surface area contributed by atoms with Crippen LogP contribution >= 0.6 is 15.9 Å². The fourth-order valence-electron chi connectivity index (χ4n) is 2.44. The lowest BCUT2D eigenvalue weighted by atomic mass is 10.2. The highest BCUT2D eigenvalue weighted by Crippen LogP contribution is 2.18. The van der Waals surface area contributed by atoms with Crippen LogP contribution in [-0.2, 0) is 20.9 Å². The molecule has 0 unspecified atom stereocenters. The third-order valence-corrected chi connectivity index (χ3v) is 4.54. The summed E-state index contributed by atoms with van der Waals surface area (Å²) in [6, 6.07) is 6.73. The molecule has 25 heavy (non-hydrogen) atoms. The molecule has 2 rings (SSSR count). The molecule has 0 saturated carbocycles. The first-order valence-electron chi connectivity index (χ1n) is 7.87. The Kier molecular flexibility index (Phi) is 5.94. The van der Waals surface area contributed by atoms with E-state index in [0.29, 0.717) is 11.4 Å². The van der Waals surface area contributed by atoms with Crippen molar-refractivity contribution in [2.75, 3.05) is 20.1 Å². The molecule has 1 aliphatic heterocycles. The van der Waals surface area contributed by atoms with Gasteiger partial charge in [-0.2, -0.15) is 0 Å². The number of imide groups is 2. The van der Waals surface area contributed by atoms with Gasteiger partial charge in [-0.1, -0.05) is 48.0 Å². The zero-order valence-electron chi connectivity index (χ0n) is 14.4. The Bertz CT molecular complexity index is 720. The van der Waals surface area contributed by atoms with Crippen molar-refractivity contribution in [3.8, 4) is 0 Å². The minimum atomic E-state index is -0.951. The second kappa shape index (κ2) is 7.77. The highest BCUT2D eigenvalue weighted by Gasteiger charge is 2.45. The molecule has 0 N–H and O–H groups in total. The van der Waals surface area contributed by atoms with Gasteiger partial charge in [0.2, 0.25) is 5.91 Å². The van der Waals surface area contributed by atoms with Gasteiger partial charge in [-0.25, -0.2) is 9.69 Å². The van der Waals surface area contributed by atoms with E-state index in [4.69, 9.17) is 0 Å². The number of hydrogen-bond acceptors (Lipinski definition) is 4. The molecule has 1 aromatic rings. The number of nitrogens with zero attached hydrogens (tertiary/aromatic N) is 3. The molecule has 0 aliphatic carbocycles. The average Bonchev–Trinajstić information content (AvgIpc) is 2.74. The van der Waals surface area contributed by atoms with Gasteiger partial charge in [0.25, 0.3) is 0 Å². The van der Waals surface area contributed by atoms with Gasteiger partial charge in [0.05, 0.1) is 0 Å². The first kappa shape index (κ1) is 19.1. The highest BCUT2D eigenvalue weighted by molar-refractivity contribution is 9.10. The third kappa shape index (κ3) is 4.25. The Morgan fingerprint density at radius 1 is 1.12 bits per heavy atom. The first-order valence-corrected chi connectivity index (χ1v) is 8.66. The minimum absolute atomic E-state index is 0.0365. The average molecular weight is 410 g/mol. The molecule has 0 spiro atoms. The van der Waals surface area contributed by atoms with E-state index in [1.165, 1.54) is 4.90 Å². The van der Waals surface area contributed by atoms with E-state index < -0.39 is 30.3 Å². The zero-order valence-corrected chi connectivity index (χ0v) is 15.9. The van der Waals surface area contributed by atoms with Crippen molar-refractivity contribution < 1.29 is 19.2 Å². The van der Waals surface area contributed by atoms with Gasteiger partial charge < -0.3 is 4.90 Å². The molecule has 0 atom stereocenters. The smallest absolute Gasteiger partial charge is 0.334 e. The van der Waals surface area contributed by atoms with Crippen LogP contribution in [0.15, 0.2) is 28.7 Å². The third-order valence-electron chi connectivity index (χ3n) is 3.77. The molecule has 5 amide bonds. The summed E-state index contributed by atoms with van der Waals surface area (Å²) in [5.74, 6) is -2.21. The summed E-state index contributed by atoms with van der Waals surface area (Å²) in [6.45, 7) is 3.70. The molecule has 0 radical (unpaired) electrons. The van der Waals surface area contributed by atoms with Gasteiger partial charge >= 0.3 is 17.8 Å². The summed E-state index contributed by atoms with van der Waals surface area (Å²) in [5, 5.41) is 0. The fourth-order valence-corrected chi connectivity index (χ4v) is 2.85. The maximum Gasteiger partial charge on any atom is 0.334 e. The van der Waals surface area contributed by atoms with E-state index in [0.717, 1.165) is 14.9 Å². The van der Waals surface area contributed by atoms with Crippen LogP contribution < -0.4 is 0 Å². The Balaban J connectivity index is 2.04. The van der Waals surface area contributed by atoms with Crippen molar-refractivity contribution in [3.63, 3.8) is 0 Å². The number of carbonyl (C=O) groups is 4. The molecule has 1 fully saturated rings. The summed E-state index contributed by atoms with van der Waals surface area (Å²) in [5.41, 5.74) is 0.898. The van der Waals surface area contributed by atoms with Crippen LogP contribution in [-0.4, -0.2) is 58.6 Å². The van der Waals surface area contributed by atoms with Crippen LogP contribution in [0, 0.1) is 5.92 Å².